The van der Waals surface area contributed by atoms with Crippen LogP contribution in [0.5, 0.6) is 0 Å². The molecule has 96 valence electrons. The van der Waals surface area contributed by atoms with Crippen LogP contribution in [0.15, 0.2) is 24.4 Å². The van der Waals surface area contributed by atoms with Gasteiger partial charge in [-0.3, -0.25) is 0 Å². The molecule has 0 atom stereocenters. The molecule has 0 saturated heterocycles. The number of halogens is 3. The van der Waals surface area contributed by atoms with Gasteiger partial charge in [-0.2, -0.15) is 5.10 Å². The molecule has 0 unspecified atom stereocenters. The first-order chi connectivity index (χ1) is 8.54. The standard InChI is InChI=1S/C13H13BrClFN2/c1-8(2)13-9(6-14)7-17-18(13)10-3-4-11(15)12(16)5-10/h3-5,7-8H,6H2,1-2H3. The monoisotopic (exact) mass is 330 g/mol. The lowest BCUT2D eigenvalue weighted by Crippen LogP contribution is -2.05. The topological polar surface area (TPSA) is 17.8 Å². The Balaban J connectivity index is 2.56. The molecule has 0 saturated carbocycles. The zero-order chi connectivity index (χ0) is 13.3. The summed E-state index contributed by atoms with van der Waals surface area (Å²) in [6, 6.07) is 4.72. The number of hydrogen-bond acceptors (Lipinski definition) is 1. The average Bonchev–Trinajstić information content (AvgIpc) is 2.76. The van der Waals surface area contributed by atoms with E-state index in [4.69, 9.17) is 11.6 Å². The van der Waals surface area contributed by atoms with E-state index in [1.807, 2.05) is 0 Å². The molecule has 2 aromatic rings. The Hall–Kier alpha value is -0.870. The van der Waals surface area contributed by atoms with Gasteiger partial charge in [0.2, 0.25) is 0 Å². The van der Waals surface area contributed by atoms with Crippen LogP contribution in [0.3, 0.4) is 0 Å². The van der Waals surface area contributed by atoms with E-state index in [0.717, 1.165) is 16.6 Å². The second-order valence-corrected chi connectivity index (χ2v) is 5.32. The number of rotatable bonds is 3. The lowest BCUT2D eigenvalue weighted by Gasteiger charge is -2.12. The molecule has 2 rings (SSSR count). The summed E-state index contributed by atoms with van der Waals surface area (Å²) in [6.45, 7) is 4.18. The Bertz CT molecular complexity index is 566. The third-order valence-corrected chi connectivity index (χ3v) is 3.64. The molecule has 0 aliphatic heterocycles. The van der Waals surface area contributed by atoms with Crippen LogP contribution in [0.2, 0.25) is 5.02 Å². The summed E-state index contributed by atoms with van der Waals surface area (Å²) in [6.07, 6.45) is 1.80. The largest absolute Gasteiger partial charge is 0.237 e. The molecule has 0 radical (unpaired) electrons. The molecule has 0 spiro atoms. The van der Waals surface area contributed by atoms with Crippen molar-refractivity contribution >= 4 is 27.5 Å². The zero-order valence-electron chi connectivity index (χ0n) is 10.1. The van der Waals surface area contributed by atoms with Crippen LogP contribution in [0.25, 0.3) is 5.69 Å². The zero-order valence-corrected chi connectivity index (χ0v) is 12.5. The first-order valence-electron chi connectivity index (χ1n) is 5.62. The maximum Gasteiger partial charge on any atom is 0.143 e. The van der Waals surface area contributed by atoms with Gasteiger partial charge in [-0.1, -0.05) is 41.4 Å². The lowest BCUT2D eigenvalue weighted by molar-refractivity contribution is 0.624. The van der Waals surface area contributed by atoms with Crippen molar-refractivity contribution in [2.75, 3.05) is 0 Å². The van der Waals surface area contributed by atoms with Gasteiger partial charge in [-0.05, 0) is 18.1 Å². The summed E-state index contributed by atoms with van der Waals surface area (Å²) in [5.41, 5.74) is 2.88. The Kier molecular flexibility index (Phi) is 4.07. The van der Waals surface area contributed by atoms with Gasteiger partial charge in [0.25, 0.3) is 0 Å². The van der Waals surface area contributed by atoms with Crippen LogP contribution in [0.1, 0.15) is 31.0 Å². The second kappa shape index (κ2) is 5.41. The highest BCUT2D eigenvalue weighted by atomic mass is 79.9. The molecule has 1 aromatic heterocycles. The van der Waals surface area contributed by atoms with Gasteiger partial charge in [0.1, 0.15) is 5.82 Å². The highest BCUT2D eigenvalue weighted by Gasteiger charge is 2.15. The van der Waals surface area contributed by atoms with Crippen molar-refractivity contribution in [3.63, 3.8) is 0 Å². The van der Waals surface area contributed by atoms with Crippen LogP contribution in [-0.2, 0) is 5.33 Å². The molecule has 0 N–H and O–H groups in total. The number of nitrogens with zero attached hydrogens (tertiary/aromatic N) is 2. The SMILES string of the molecule is CC(C)c1c(CBr)cnn1-c1ccc(Cl)c(F)c1. The maximum absolute atomic E-state index is 13.5. The smallest absolute Gasteiger partial charge is 0.143 e. The van der Waals surface area contributed by atoms with Gasteiger partial charge in [-0.15, -0.1) is 0 Å². The summed E-state index contributed by atoms with van der Waals surface area (Å²) in [7, 11) is 0. The van der Waals surface area contributed by atoms with Crippen LogP contribution >= 0.6 is 27.5 Å². The van der Waals surface area contributed by atoms with Crippen LogP contribution < -0.4 is 0 Å². The first kappa shape index (κ1) is 13.6. The molecule has 1 heterocycles. The Morgan fingerprint density at radius 2 is 2.17 bits per heavy atom. The normalized spacial score (nSPS) is 11.2. The lowest BCUT2D eigenvalue weighted by atomic mass is 10.1. The third-order valence-electron chi connectivity index (χ3n) is 2.72. The molecule has 0 fully saturated rings. The van der Waals surface area contributed by atoms with E-state index in [9.17, 15) is 4.39 Å². The van der Waals surface area contributed by atoms with E-state index in [2.05, 4.69) is 34.9 Å². The molecule has 0 aliphatic carbocycles. The average molecular weight is 332 g/mol. The molecule has 0 aliphatic rings. The second-order valence-electron chi connectivity index (χ2n) is 4.35. The molecule has 0 amide bonds. The highest BCUT2D eigenvalue weighted by Crippen LogP contribution is 2.26. The van der Waals surface area contributed by atoms with Crippen molar-refractivity contribution in [1.82, 2.24) is 9.78 Å². The van der Waals surface area contributed by atoms with E-state index >= 15 is 0 Å². The van der Waals surface area contributed by atoms with Crippen molar-refractivity contribution in [1.29, 1.82) is 0 Å². The summed E-state index contributed by atoms with van der Waals surface area (Å²) in [4.78, 5) is 0. The fraction of sp³-hybridized carbons (Fsp3) is 0.308. The Morgan fingerprint density at radius 3 is 2.72 bits per heavy atom. The van der Waals surface area contributed by atoms with Gasteiger partial charge in [0.05, 0.1) is 22.6 Å². The van der Waals surface area contributed by atoms with Gasteiger partial charge in [0.15, 0.2) is 0 Å². The Morgan fingerprint density at radius 1 is 1.44 bits per heavy atom. The molecule has 5 heteroatoms. The van der Waals surface area contributed by atoms with E-state index in [-0.39, 0.29) is 5.02 Å². The quantitative estimate of drug-likeness (QED) is 0.747. The minimum Gasteiger partial charge on any atom is -0.237 e. The van der Waals surface area contributed by atoms with Crippen LogP contribution in [0, 0.1) is 5.82 Å². The summed E-state index contributed by atoms with van der Waals surface area (Å²) in [5.74, 6) is -0.126. The molecule has 1 aromatic carbocycles. The Labute approximate surface area is 119 Å². The predicted octanol–water partition coefficient (Wildman–Crippen LogP) is 4.68. The minimum atomic E-state index is -0.431. The van der Waals surface area contributed by atoms with Crippen molar-refractivity contribution in [2.45, 2.75) is 25.1 Å². The molecule has 18 heavy (non-hydrogen) atoms. The third kappa shape index (κ3) is 2.45. The number of hydrogen-bond donors (Lipinski definition) is 0. The summed E-state index contributed by atoms with van der Waals surface area (Å²) in [5, 5.41) is 5.18. The number of alkyl halides is 1. The van der Waals surface area contributed by atoms with Crippen molar-refractivity contribution in [3.05, 3.63) is 46.5 Å². The van der Waals surface area contributed by atoms with E-state index < -0.39 is 5.82 Å². The molecular formula is C13H13BrClFN2. The fourth-order valence-corrected chi connectivity index (χ4v) is 2.48. The first-order valence-corrected chi connectivity index (χ1v) is 7.12. The maximum atomic E-state index is 13.5. The highest BCUT2D eigenvalue weighted by molar-refractivity contribution is 9.08. The van der Waals surface area contributed by atoms with Crippen LogP contribution in [0.4, 0.5) is 4.39 Å². The number of aromatic nitrogens is 2. The van der Waals surface area contributed by atoms with Crippen LogP contribution in [-0.4, -0.2) is 9.78 Å². The summed E-state index contributed by atoms with van der Waals surface area (Å²) < 4.78 is 15.3. The van der Waals surface area contributed by atoms with E-state index in [0.29, 0.717) is 11.6 Å². The van der Waals surface area contributed by atoms with Crippen molar-refractivity contribution < 1.29 is 4.39 Å². The van der Waals surface area contributed by atoms with Gasteiger partial charge in [0, 0.05) is 17.0 Å². The predicted molar refractivity (Wildman–Crippen MR) is 75.3 cm³/mol. The van der Waals surface area contributed by atoms with E-state index in [1.54, 1.807) is 23.0 Å². The molecule has 0 bridgehead atoms. The number of benzene rings is 1. The van der Waals surface area contributed by atoms with Gasteiger partial charge in [-0.25, -0.2) is 9.07 Å². The molecular weight excluding hydrogens is 319 g/mol. The van der Waals surface area contributed by atoms with Crippen molar-refractivity contribution in [3.8, 4) is 5.69 Å². The fourth-order valence-electron chi connectivity index (χ4n) is 1.93. The van der Waals surface area contributed by atoms with Gasteiger partial charge < -0.3 is 0 Å². The molecule has 2 nitrogen and oxygen atoms in total. The minimum absolute atomic E-state index is 0.123. The summed E-state index contributed by atoms with van der Waals surface area (Å²) >= 11 is 9.13. The van der Waals surface area contributed by atoms with Gasteiger partial charge >= 0.3 is 0 Å². The van der Waals surface area contributed by atoms with Crippen molar-refractivity contribution in [2.24, 2.45) is 0 Å². The van der Waals surface area contributed by atoms with E-state index in [1.165, 1.54) is 6.07 Å².